The highest BCUT2D eigenvalue weighted by molar-refractivity contribution is 7.92. The maximum atomic E-state index is 12.7. The van der Waals surface area contributed by atoms with E-state index in [-0.39, 0.29) is 15.9 Å². The number of amides is 1. The summed E-state index contributed by atoms with van der Waals surface area (Å²) in [7, 11) is -3.78. The van der Waals surface area contributed by atoms with E-state index < -0.39 is 10.0 Å². The second kappa shape index (κ2) is 13.1. The van der Waals surface area contributed by atoms with Crippen molar-refractivity contribution in [2.45, 2.75) is 32.1 Å². The molecule has 0 aliphatic heterocycles. The predicted octanol–water partition coefficient (Wildman–Crippen LogP) is 5.44. The van der Waals surface area contributed by atoms with E-state index in [1.807, 2.05) is 6.92 Å². The van der Waals surface area contributed by atoms with Crippen LogP contribution in [0.1, 0.15) is 37.6 Å². The summed E-state index contributed by atoms with van der Waals surface area (Å²) in [6, 6.07) is 19.5. The first-order valence-electron chi connectivity index (χ1n) is 11.9. The van der Waals surface area contributed by atoms with Crippen LogP contribution in [0.25, 0.3) is 0 Å². The lowest BCUT2D eigenvalue weighted by Crippen LogP contribution is -2.34. The zero-order chi connectivity index (χ0) is 26.8. The average molecular weight is 542 g/mol. The van der Waals surface area contributed by atoms with Gasteiger partial charge in [-0.15, -0.1) is 0 Å². The number of rotatable bonds is 11. The molecule has 3 rings (SSSR count). The third-order valence-corrected chi connectivity index (χ3v) is 6.75. The van der Waals surface area contributed by atoms with Gasteiger partial charge in [-0.1, -0.05) is 13.8 Å². The number of carbonyl (C=O) groups is 1. The van der Waals surface area contributed by atoms with Crippen molar-refractivity contribution in [3.63, 3.8) is 0 Å². The molecule has 0 spiro atoms. The molecule has 37 heavy (non-hydrogen) atoms. The molecule has 0 radical (unpaired) electrons. The smallest absolute Gasteiger partial charge is 0.261 e. The molecule has 3 aromatic carbocycles. The van der Waals surface area contributed by atoms with Crippen LogP contribution >= 0.6 is 12.2 Å². The van der Waals surface area contributed by atoms with Gasteiger partial charge in [-0.3, -0.25) is 14.8 Å². The SMILES string of the molecule is CCOc1ccc(NS(=O)(=O)c2ccc(NC(=S)NC(=O)c3ccc(OCCC(C)C)cc3)cc2)cc1. The fourth-order valence-corrected chi connectivity index (χ4v) is 4.44. The van der Waals surface area contributed by atoms with Crippen LogP contribution in [-0.4, -0.2) is 32.7 Å². The fourth-order valence-electron chi connectivity index (χ4n) is 3.17. The Labute approximate surface area is 223 Å². The van der Waals surface area contributed by atoms with Gasteiger partial charge >= 0.3 is 0 Å². The first-order chi connectivity index (χ1) is 17.7. The van der Waals surface area contributed by atoms with Crippen LogP contribution in [0.2, 0.25) is 0 Å². The second-order valence-electron chi connectivity index (χ2n) is 8.55. The van der Waals surface area contributed by atoms with Gasteiger partial charge in [-0.05, 0) is 104 Å². The molecule has 0 bridgehead atoms. The highest BCUT2D eigenvalue weighted by Gasteiger charge is 2.15. The Balaban J connectivity index is 1.52. The summed E-state index contributed by atoms with van der Waals surface area (Å²) in [5, 5.41) is 5.59. The molecule has 10 heteroatoms. The van der Waals surface area contributed by atoms with Crippen molar-refractivity contribution in [2.75, 3.05) is 23.3 Å². The lowest BCUT2D eigenvalue weighted by molar-refractivity contribution is 0.0977. The fraction of sp³-hybridized carbons (Fsp3) is 0.259. The molecule has 0 aliphatic rings. The van der Waals surface area contributed by atoms with E-state index in [1.54, 1.807) is 60.7 Å². The zero-order valence-corrected chi connectivity index (χ0v) is 22.6. The monoisotopic (exact) mass is 541 g/mol. The number of nitrogens with one attached hydrogen (secondary N) is 3. The number of hydrogen-bond donors (Lipinski definition) is 3. The summed E-state index contributed by atoms with van der Waals surface area (Å²) in [6.45, 7) is 7.28. The van der Waals surface area contributed by atoms with Crippen molar-refractivity contribution in [2.24, 2.45) is 5.92 Å². The molecule has 0 saturated heterocycles. The van der Waals surface area contributed by atoms with Crippen molar-refractivity contribution in [3.8, 4) is 11.5 Å². The second-order valence-corrected chi connectivity index (χ2v) is 10.6. The first kappa shape index (κ1) is 27.9. The number of anilines is 2. The van der Waals surface area contributed by atoms with E-state index in [0.29, 0.717) is 47.6 Å². The van der Waals surface area contributed by atoms with E-state index in [2.05, 4.69) is 29.2 Å². The predicted molar refractivity (Wildman–Crippen MR) is 150 cm³/mol. The standard InChI is InChI=1S/C27H31N3O5S2/c1-4-34-23-13-7-22(8-14-23)30-37(32,33)25-15-9-21(10-16-25)28-27(36)29-26(31)20-5-11-24(12-6-20)35-18-17-19(2)3/h5-16,19,30H,4,17-18H2,1-3H3,(H2,28,29,31,36). The van der Waals surface area contributed by atoms with Gasteiger partial charge in [0.05, 0.1) is 18.1 Å². The summed E-state index contributed by atoms with van der Waals surface area (Å²) in [6.07, 6.45) is 0.953. The highest BCUT2D eigenvalue weighted by atomic mass is 32.2. The minimum absolute atomic E-state index is 0.0811. The largest absolute Gasteiger partial charge is 0.494 e. The topological polar surface area (TPSA) is 106 Å². The van der Waals surface area contributed by atoms with Crippen LogP contribution in [0.5, 0.6) is 11.5 Å². The number of carbonyl (C=O) groups excluding carboxylic acids is 1. The van der Waals surface area contributed by atoms with Crippen molar-refractivity contribution < 1.29 is 22.7 Å². The molecular formula is C27H31N3O5S2. The van der Waals surface area contributed by atoms with Gasteiger partial charge in [0.15, 0.2) is 5.11 Å². The van der Waals surface area contributed by atoms with Gasteiger partial charge < -0.3 is 14.8 Å². The minimum atomic E-state index is -3.78. The Bertz CT molecular complexity index is 1290. The van der Waals surface area contributed by atoms with Gasteiger partial charge in [-0.2, -0.15) is 0 Å². The summed E-state index contributed by atoms with van der Waals surface area (Å²) in [5.41, 5.74) is 1.38. The third kappa shape index (κ3) is 8.76. The van der Waals surface area contributed by atoms with E-state index >= 15 is 0 Å². The van der Waals surface area contributed by atoms with Crippen molar-refractivity contribution in [3.05, 3.63) is 78.4 Å². The Morgan fingerprint density at radius 1 is 0.865 bits per heavy atom. The van der Waals surface area contributed by atoms with Crippen molar-refractivity contribution >= 4 is 44.6 Å². The summed E-state index contributed by atoms with van der Waals surface area (Å²) in [4.78, 5) is 12.6. The number of thiocarbonyl (C=S) groups is 1. The normalized spacial score (nSPS) is 11.0. The van der Waals surface area contributed by atoms with E-state index in [1.165, 1.54) is 12.1 Å². The molecule has 3 N–H and O–H groups in total. The minimum Gasteiger partial charge on any atom is -0.494 e. The zero-order valence-electron chi connectivity index (χ0n) is 21.0. The van der Waals surface area contributed by atoms with Crippen molar-refractivity contribution in [1.29, 1.82) is 0 Å². The molecule has 0 saturated carbocycles. The van der Waals surface area contributed by atoms with Crippen LogP contribution in [0.3, 0.4) is 0 Å². The Kier molecular flexibility index (Phi) is 9.87. The Morgan fingerprint density at radius 2 is 1.43 bits per heavy atom. The Morgan fingerprint density at radius 3 is 2.03 bits per heavy atom. The molecule has 0 unspecified atom stereocenters. The van der Waals surface area contributed by atoms with Crippen LogP contribution < -0.4 is 24.8 Å². The van der Waals surface area contributed by atoms with Crippen molar-refractivity contribution in [1.82, 2.24) is 5.32 Å². The number of sulfonamides is 1. The molecule has 0 heterocycles. The van der Waals surface area contributed by atoms with Gasteiger partial charge in [-0.25, -0.2) is 8.42 Å². The molecule has 8 nitrogen and oxygen atoms in total. The highest BCUT2D eigenvalue weighted by Crippen LogP contribution is 2.21. The number of ether oxygens (including phenoxy) is 2. The molecule has 3 aromatic rings. The van der Waals surface area contributed by atoms with E-state index in [9.17, 15) is 13.2 Å². The molecule has 0 aromatic heterocycles. The molecule has 0 atom stereocenters. The number of hydrogen-bond acceptors (Lipinski definition) is 6. The Hall–Kier alpha value is -3.63. The van der Waals surface area contributed by atoms with Gasteiger partial charge in [0.2, 0.25) is 0 Å². The van der Waals surface area contributed by atoms with Gasteiger partial charge in [0.1, 0.15) is 11.5 Å². The van der Waals surface area contributed by atoms with Crippen LogP contribution in [-0.2, 0) is 10.0 Å². The summed E-state index contributed by atoms with van der Waals surface area (Å²) in [5.74, 6) is 1.54. The van der Waals surface area contributed by atoms with Crippen LogP contribution in [0.15, 0.2) is 77.7 Å². The third-order valence-electron chi connectivity index (χ3n) is 5.15. The average Bonchev–Trinajstić information content (AvgIpc) is 2.85. The maximum Gasteiger partial charge on any atom is 0.261 e. The molecule has 1 amide bonds. The van der Waals surface area contributed by atoms with Crippen LogP contribution in [0, 0.1) is 5.92 Å². The number of benzene rings is 3. The van der Waals surface area contributed by atoms with E-state index in [0.717, 1.165) is 6.42 Å². The summed E-state index contributed by atoms with van der Waals surface area (Å²) >= 11 is 5.23. The summed E-state index contributed by atoms with van der Waals surface area (Å²) < 4.78 is 39.0. The quantitative estimate of drug-likeness (QED) is 0.278. The maximum absolute atomic E-state index is 12.7. The molecular weight excluding hydrogens is 510 g/mol. The molecule has 196 valence electrons. The first-order valence-corrected chi connectivity index (χ1v) is 13.8. The molecule has 0 fully saturated rings. The van der Waals surface area contributed by atoms with Gasteiger partial charge in [0, 0.05) is 16.9 Å². The lowest BCUT2D eigenvalue weighted by Gasteiger charge is -2.12. The van der Waals surface area contributed by atoms with E-state index in [4.69, 9.17) is 21.7 Å². The lowest BCUT2D eigenvalue weighted by atomic mass is 10.1. The van der Waals surface area contributed by atoms with Gasteiger partial charge in [0.25, 0.3) is 15.9 Å². The van der Waals surface area contributed by atoms with Crippen LogP contribution in [0.4, 0.5) is 11.4 Å². The molecule has 0 aliphatic carbocycles.